The molecule has 4 rings (SSSR count). The zero-order chi connectivity index (χ0) is 22.7. The zero-order valence-electron chi connectivity index (χ0n) is 16.2. The maximum absolute atomic E-state index is 13.0. The van der Waals surface area contributed by atoms with Crippen LogP contribution in [0.1, 0.15) is 21.7 Å². The van der Waals surface area contributed by atoms with Crippen LogP contribution in [0, 0.1) is 13.0 Å². The summed E-state index contributed by atoms with van der Waals surface area (Å²) < 4.78 is 27.2. The molecule has 0 atom stereocenters. The Labute approximate surface area is 218 Å². The predicted octanol–water partition coefficient (Wildman–Crippen LogP) is 6.89. The minimum absolute atomic E-state index is 0.184. The average Bonchev–Trinajstić information content (AvgIpc) is 3.18. The number of nitrogens with one attached hydrogen (secondary N) is 1. The van der Waals surface area contributed by atoms with Gasteiger partial charge in [-0.3, -0.25) is 4.79 Å². The van der Waals surface area contributed by atoms with E-state index in [4.69, 9.17) is 9.15 Å². The van der Waals surface area contributed by atoms with Gasteiger partial charge in [0.05, 0.1) is 13.4 Å². The Kier molecular flexibility index (Phi) is 7.46. The van der Waals surface area contributed by atoms with E-state index >= 15 is 0 Å². The summed E-state index contributed by atoms with van der Waals surface area (Å²) in [5.74, 6) is 0.216. The van der Waals surface area contributed by atoms with Crippen molar-refractivity contribution in [3.05, 3.63) is 95.0 Å². The number of rotatable bonds is 6. The molecule has 1 heterocycles. The number of nitrogens with zero attached hydrogens (tertiary/aromatic N) is 1. The topological polar surface area (TPSA) is 63.8 Å². The van der Waals surface area contributed by atoms with Crippen LogP contribution in [-0.4, -0.2) is 12.1 Å². The minimum Gasteiger partial charge on any atom is -0.487 e. The number of ether oxygens (including phenoxy) is 1. The first-order chi connectivity index (χ1) is 15.4. The standard InChI is InChI=1S/C23H14BrFI2N2O3/c24-16-3-6-20-15(9-16)10-21(32-20)23(30)29-28-11-14-7-18(26)22(19(27)8-14)31-12-13-1-4-17(25)5-2-13/h1-11H,12H2,(H,29,30)/b28-11+. The van der Waals surface area contributed by atoms with E-state index in [-0.39, 0.29) is 11.6 Å². The first kappa shape index (κ1) is 23.2. The van der Waals surface area contributed by atoms with Gasteiger partial charge in [-0.2, -0.15) is 5.10 Å². The number of halogens is 4. The summed E-state index contributed by atoms with van der Waals surface area (Å²) in [6.07, 6.45) is 1.56. The predicted molar refractivity (Wildman–Crippen MR) is 142 cm³/mol. The molecule has 0 spiro atoms. The minimum atomic E-state index is -0.433. The van der Waals surface area contributed by atoms with E-state index in [0.717, 1.165) is 33.9 Å². The molecule has 1 aromatic heterocycles. The maximum Gasteiger partial charge on any atom is 0.307 e. The lowest BCUT2D eigenvalue weighted by Gasteiger charge is -2.11. The fraction of sp³-hybridized carbons (Fsp3) is 0.0435. The lowest BCUT2D eigenvalue weighted by atomic mass is 10.2. The van der Waals surface area contributed by atoms with Crippen molar-refractivity contribution in [3.63, 3.8) is 0 Å². The van der Waals surface area contributed by atoms with E-state index in [0.29, 0.717) is 12.2 Å². The molecule has 1 N–H and O–H groups in total. The molecule has 0 saturated carbocycles. The van der Waals surface area contributed by atoms with E-state index in [1.54, 1.807) is 30.5 Å². The third-order valence-corrected chi connectivity index (χ3v) is 6.49. The highest BCUT2D eigenvalue weighted by molar-refractivity contribution is 14.1. The third-order valence-electron chi connectivity index (χ3n) is 4.40. The van der Waals surface area contributed by atoms with Gasteiger partial charge in [0.15, 0.2) is 5.76 Å². The third kappa shape index (κ3) is 5.67. The smallest absolute Gasteiger partial charge is 0.307 e. The summed E-state index contributed by atoms with van der Waals surface area (Å²) in [7, 11) is 0. The first-order valence-electron chi connectivity index (χ1n) is 9.28. The van der Waals surface area contributed by atoms with E-state index in [9.17, 15) is 9.18 Å². The first-order valence-corrected chi connectivity index (χ1v) is 12.2. The Morgan fingerprint density at radius 2 is 1.81 bits per heavy atom. The van der Waals surface area contributed by atoms with Crippen molar-refractivity contribution >= 4 is 84.2 Å². The molecule has 0 fully saturated rings. The van der Waals surface area contributed by atoms with Crippen LogP contribution < -0.4 is 10.2 Å². The molecular formula is C23H14BrFI2N2O3. The van der Waals surface area contributed by atoms with Crippen LogP contribution in [0.2, 0.25) is 0 Å². The number of fused-ring (bicyclic) bond motifs is 1. The molecule has 4 aromatic rings. The number of hydrogen-bond donors (Lipinski definition) is 1. The molecule has 0 saturated heterocycles. The molecule has 32 heavy (non-hydrogen) atoms. The van der Waals surface area contributed by atoms with Gasteiger partial charge in [-0.1, -0.05) is 28.1 Å². The van der Waals surface area contributed by atoms with Gasteiger partial charge < -0.3 is 9.15 Å². The van der Waals surface area contributed by atoms with E-state index in [1.807, 2.05) is 24.3 Å². The molecular weight excluding hydrogens is 705 g/mol. The normalized spacial score (nSPS) is 11.2. The number of amides is 1. The van der Waals surface area contributed by atoms with Crippen LogP contribution >= 0.6 is 61.1 Å². The van der Waals surface area contributed by atoms with Crippen LogP contribution in [0.25, 0.3) is 11.0 Å². The number of carbonyl (C=O) groups excluding carboxylic acids is 1. The van der Waals surface area contributed by atoms with Crippen molar-refractivity contribution in [3.8, 4) is 5.75 Å². The Bertz CT molecular complexity index is 1300. The molecule has 0 bridgehead atoms. The molecule has 0 aliphatic rings. The fourth-order valence-corrected chi connectivity index (χ4v) is 5.38. The monoisotopic (exact) mass is 718 g/mol. The fourth-order valence-electron chi connectivity index (χ4n) is 2.87. The zero-order valence-corrected chi connectivity index (χ0v) is 22.1. The van der Waals surface area contributed by atoms with Crippen LogP contribution in [-0.2, 0) is 6.61 Å². The van der Waals surface area contributed by atoms with Crippen LogP contribution in [0.5, 0.6) is 5.75 Å². The van der Waals surface area contributed by atoms with E-state index in [1.165, 1.54) is 12.1 Å². The molecule has 3 aromatic carbocycles. The Morgan fingerprint density at radius 1 is 1.09 bits per heavy atom. The number of hydrazone groups is 1. The summed E-state index contributed by atoms with van der Waals surface area (Å²) in [6, 6.07) is 17.2. The molecule has 0 aliphatic carbocycles. The van der Waals surface area contributed by atoms with Crippen molar-refractivity contribution in [1.82, 2.24) is 5.43 Å². The Morgan fingerprint density at radius 3 is 2.53 bits per heavy atom. The van der Waals surface area contributed by atoms with Crippen molar-refractivity contribution in [2.24, 2.45) is 5.10 Å². The molecule has 0 radical (unpaired) electrons. The second-order valence-corrected chi connectivity index (χ2v) is 9.96. The SMILES string of the molecule is O=C(N/N=C/c1cc(I)c(OCc2ccc(F)cc2)c(I)c1)c1cc2cc(Br)ccc2o1. The maximum atomic E-state index is 13.0. The molecule has 5 nitrogen and oxygen atoms in total. The highest BCUT2D eigenvalue weighted by atomic mass is 127. The second-order valence-electron chi connectivity index (χ2n) is 6.72. The van der Waals surface area contributed by atoms with E-state index in [2.05, 4.69) is 71.6 Å². The van der Waals surface area contributed by atoms with Crippen molar-refractivity contribution in [2.45, 2.75) is 6.61 Å². The summed E-state index contributed by atoms with van der Waals surface area (Å²) in [4.78, 5) is 12.3. The highest BCUT2D eigenvalue weighted by Gasteiger charge is 2.12. The van der Waals surface area contributed by atoms with Crippen LogP contribution in [0.3, 0.4) is 0 Å². The van der Waals surface area contributed by atoms with Gasteiger partial charge in [-0.05, 0) is 105 Å². The van der Waals surface area contributed by atoms with Gasteiger partial charge in [0.1, 0.15) is 23.8 Å². The van der Waals surface area contributed by atoms with E-state index < -0.39 is 5.91 Å². The van der Waals surface area contributed by atoms with Crippen LogP contribution in [0.15, 0.2) is 74.7 Å². The van der Waals surface area contributed by atoms with Gasteiger partial charge in [-0.25, -0.2) is 9.82 Å². The lowest BCUT2D eigenvalue weighted by Crippen LogP contribution is -2.16. The molecule has 0 aliphatic heterocycles. The van der Waals surface area contributed by atoms with Gasteiger partial charge in [0.25, 0.3) is 0 Å². The Hall–Kier alpha value is -1.99. The van der Waals surface area contributed by atoms with Crippen LogP contribution in [0.4, 0.5) is 4.39 Å². The van der Waals surface area contributed by atoms with Crippen molar-refractivity contribution in [1.29, 1.82) is 0 Å². The Balaban J connectivity index is 1.41. The number of carbonyl (C=O) groups is 1. The quantitative estimate of drug-likeness (QED) is 0.134. The van der Waals surface area contributed by atoms with Gasteiger partial charge in [0.2, 0.25) is 0 Å². The van der Waals surface area contributed by atoms with Gasteiger partial charge in [-0.15, -0.1) is 0 Å². The number of hydrogen-bond acceptors (Lipinski definition) is 4. The number of furan rings is 1. The summed E-state index contributed by atoms with van der Waals surface area (Å²) in [5, 5.41) is 4.87. The van der Waals surface area contributed by atoms with Gasteiger partial charge >= 0.3 is 5.91 Å². The summed E-state index contributed by atoms with van der Waals surface area (Å²) in [6.45, 7) is 0.337. The largest absolute Gasteiger partial charge is 0.487 e. The molecule has 0 unspecified atom stereocenters. The average molecular weight is 719 g/mol. The van der Waals surface area contributed by atoms with Crippen molar-refractivity contribution < 1.29 is 18.3 Å². The summed E-state index contributed by atoms with van der Waals surface area (Å²) in [5.41, 5.74) is 4.80. The number of benzene rings is 3. The molecule has 1 amide bonds. The second kappa shape index (κ2) is 10.3. The van der Waals surface area contributed by atoms with Crippen molar-refractivity contribution in [2.75, 3.05) is 0 Å². The highest BCUT2D eigenvalue weighted by Crippen LogP contribution is 2.29. The lowest BCUT2D eigenvalue weighted by molar-refractivity contribution is 0.0929. The molecule has 162 valence electrons. The summed E-state index contributed by atoms with van der Waals surface area (Å²) >= 11 is 7.77. The molecule has 9 heteroatoms. The van der Waals surface area contributed by atoms with Gasteiger partial charge in [0, 0.05) is 9.86 Å².